The number of aromatic nitrogens is 2. The number of nitrogens with zero attached hydrogens (tertiary/aromatic N) is 2. The summed E-state index contributed by atoms with van der Waals surface area (Å²) in [7, 11) is 1.68. The molecule has 1 saturated heterocycles. The van der Waals surface area contributed by atoms with Crippen LogP contribution in [0.2, 0.25) is 0 Å². The van der Waals surface area contributed by atoms with E-state index < -0.39 is 0 Å². The molecule has 2 rings (SSSR count). The van der Waals surface area contributed by atoms with Crippen molar-refractivity contribution in [3.63, 3.8) is 0 Å². The van der Waals surface area contributed by atoms with E-state index in [2.05, 4.69) is 22.4 Å². The van der Waals surface area contributed by atoms with Crippen molar-refractivity contribution in [2.45, 2.75) is 57.6 Å². The van der Waals surface area contributed by atoms with E-state index in [1.165, 1.54) is 19.3 Å². The second-order valence-corrected chi connectivity index (χ2v) is 4.86. The quantitative estimate of drug-likeness (QED) is 0.842. The first-order valence-corrected chi connectivity index (χ1v) is 6.92. The summed E-state index contributed by atoms with van der Waals surface area (Å²) >= 11 is 0. The Morgan fingerprint density at radius 1 is 1.50 bits per heavy atom. The van der Waals surface area contributed by atoms with E-state index in [1.807, 2.05) is 0 Å². The molecular weight excluding hydrogens is 230 g/mol. The molecule has 2 heterocycles. The molecule has 5 heteroatoms. The van der Waals surface area contributed by atoms with Crippen molar-refractivity contribution in [1.82, 2.24) is 15.5 Å². The maximum Gasteiger partial charge on any atom is 0.226 e. The van der Waals surface area contributed by atoms with Crippen molar-refractivity contribution in [1.29, 1.82) is 0 Å². The van der Waals surface area contributed by atoms with Crippen LogP contribution in [0, 0.1) is 0 Å². The van der Waals surface area contributed by atoms with Gasteiger partial charge in [0.1, 0.15) is 6.10 Å². The summed E-state index contributed by atoms with van der Waals surface area (Å²) in [6.45, 7) is 3.19. The molecule has 5 nitrogen and oxygen atoms in total. The maximum absolute atomic E-state index is 5.30. The molecule has 1 fully saturated rings. The van der Waals surface area contributed by atoms with Gasteiger partial charge in [0.2, 0.25) is 11.7 Å². The topological polar surface area (TPSA) is 60.2 Å². The lowest BCUT2D eigenvalue weighted by atomic mass is 10.0. The normalized spacial score (nSPS) is 22.0. The summed E-state index contributed by atoms with van der Waals surface area (Å²) in [5.41, 5.74) is 0. The highest BCUT2D eigenvalue weighted by Crippen LogP contribution is 2.18. The maximum atomic E-state index is 5.30. The van der Waals surface area contributed by atoms with Gasteiger partial charge in [-0.05, 0) is 32.2 Å². The van der Waals surface area contributed by atoms with Gasteiger partial charge in [-0.2, -0.15) is 4.98 Å². The van der Waals surface area contributed by atoms with Gasteiger partial charge in [-0.15, -0.1) is 0 Å². The highest BCUT2D eigenvalue weighted by atomic mass is 16.5. The number of aryl methyl sites for hydroxylation is 1. The molecule has 1 aromatic heterocycles. The average Bonchev–Trinajstić information content (AvgIpc) is 2.88. The standard InChI is InChI=1S/C13H23N3O2/c1-3-11(17-2)13-15-12(18-16-13)8-7-10-6-4-5-9-14-10/h10-11,14H,3-9H2,1-2H3. The fourth-order valence-corrected chi connectivity index (χ4v) is 2.42. The Balaban J connectivity index is 1.82. The molecule has 18 heavy (non-hydrogen) atoms. The molecule has 2 unspecified atom stereocenters. The van der Waals surface area contributed by atoms with E-state index in [4.69, 9.17) is 9.26 Å². The lowest BCUT2D eigenvalue weighted by Gasteiger charge is -2.22. The van der Waals surface area contributed by atoms with Gasteiger partial charge in [-0.25, -0.2) is 0 Å². The minimum Gasteiger partial charge on any atom is -0.373 e. The van der Waals surface area contributed by atoms with E-state index in [0.29, 0.717) is 11.9 Å². The molecule has 0 saturated carbocycles. The molecule has 0 aliphatic carbocycles. The van der Waals surface area contributed by atoms with Crippen molar-refractivity contribution in [2.24, 2.45) is 0 Å². The summed E-state index contributed by atoms with van der Waals surface area (Å²) < 4.78 is 10.6. The molecule has 0 radical (unpaired) electrons. The number of hydrogen-bond acceptors (Lipinski definition) is 5. The van der Waals surface area contributed by atoms with E-state index in [-0.39, 0.29) is 6.10 Å². The van der Waals surface area contributed by atoms with Crippen LogP contribution >= 0.6 is 0 Å². The highest BCUT2D eigenvalue weighted by molar-refractivity contribution is 4.92. The number of nitrogens with one attached hydrogen (secondary N) is 1. The third kappa shape index (κ3) is 3.53. The first kappa shape index (κ1) is 13.5. The molecule has 2 atom stereocenters. The molecule has 0 spiro atoms. The van der Waals surface area contributed by atoms with Gasteiger partial charge in [0.05, 0.1) is 0 Å². The number of ether oxygens (including phenoxy) is 1. The first-order valence-electron chi connectivity index (χ1n) is 6.92. The van der Waals surface area contributed by atoms with Crippen molar-refractivity contribution in [2.75, 3.05) is 13.7 Å². The molecule has 0 aromatic carbocycles. The summed E-state index contributed by atoms with van der Waals surface area (Å²) in [5, 5.41) is 7.52. The smallest absolute Gasteiger partial charge is 0.226 e. The van der Waals surface area contributed by atoms with Gasteiger partial charge in [0.25, 0.3) is 0 Å². The van der Waals surface area contributed by atoms with Gasteiger partial charge < -0.3 is 14.6 Å². The van der Waals surface area contributed by atoms with Crippen LogP contribution < -0.4 is 5.32 Å². The zero-order valence-corrected chi connectivity index (χ0v) is 11.3. The van der Waals surface area contributed by atoms with E-state index in [0.717, 1.165) is 31.7 Å². The van der Waals surface area contributed by atoms with Crippen LogP contribution in [0.3, 0.4) is 0 Å². The van der Waals surface area contributed by atoms with Crippen molar-refractivity contribution < 1.29 is 9.26 Å². The molecule has 0 amide bonds. The third-order valence-corrected chi connectivity index (χ3v) is 3.55. The molecular formula is C13H23N3O2. The predicted octanol–water partition coefficient (Wildman–Crippen LogP) is 2.24. The Kier molecular flexibility index (Phi) is 5.13. The van der Waals surface area contributed by atoms with E-state index in [9.17, 15) is 0 Å². The van der Waals surface area contributed by atoms with Gasteiger partial charge in [0, 0.05) is 19.6 Å². The lowest BCUT2D eigenvalue weighted by molar-refractivity contribution is 0.0903. The predicted molar refractivity (Wildman–Crippen MR) is 68.3 cm³/mol. The van der Waals surface area contributed by atoms with Crippen LogP contribution in [0.5, 0.6) is 0 Å². The highest BCUT2D eigenvalue weighted by Gasteiger charge is 2.17. The molecule has 1 N–H and O–H groups in total. The van der Waals surface area contributed by atoms with Gasteiger partial charge >= 0.3 is 0 Å². The SMILES string of the molecule is CCC(OC)c1noc(CCC2CCCCN2)n1. The number of methoxy groups -OCH3 is 1. The van der Waals surface area contributed by atoms with E-state index >= 15 is 0 Å². The summed E-state index contributed by atoms with van der Waals surface area (Å²) in [6.07, 6.45) is 6.63. The largest absolute Gasteiger partial charge is 0.373 e. The van der Waals surface area contributed by atoms with Crippen LogP contribution in [0.4, 0.5) is 0 Å². The molecule has 1 aromatic rings. The number of hydrogen-bond donors (Lipinski definition) is 1. The second kappa shape index (κ2) is 6.85. The zero-order chi connectivity index (χ0) is 12.8. The Hall–Kier alpha value is -0.940. The molecule has 1 aliphatic rings. The minimum atomic E-state index is -0.0460. The van der Waals surface area contributed by atoms with E-state index in [1.54, 1.807) is 7.11 Å². The number of rotatable bonds is 6. The molecule has 102 valence electrons. The van der Waals surface area contributed by atoms with Gasteiger partial charge in [-0.3, -0.25) is 0 Å². The fourth-order valence-electron chi connectivity index (χ4n) is 2.42. The van der Waals surface area contributed by atoms with Crippen LogP contribution in [0.15, 0.2) is 4.52 Å². The lowest BCUT2D eigenvalue weighted by Crippen LogP contribution is -2.34. The third-order valence-electron chi connectivity index (χ3n) is 3.55. The number of piperidine rings is 1. The van der Waals surface area contributed by atoms with Crippen molar-refractivity contribution in [3.8, 4) is 0 Å². The fraction of sp³-hybridized carbons (Fsp3) is 0.846. The monoisotopic (exact) mass is 253 g/mol. The summed E-state index contributed by atoms with van der Waals surface area (Å²) in [6, 6.07) is 0.610. The zero-order valence-electron chi connectivity index (χ0n) is 11.3. The van der Waals surface area contributed by atoms with Crippen molar-refractivity contribution >= 4 is 0 Å². The van der Waals surface area contributed by atoms with Crippen LogP contribution in [0.1, 0.15) is 56.8 Å². The van der Waals surface area contributed by atoms with Gasteiger partial charge in [-0.1, -0.05) is 18.5 Å². The Morgan fingerprint density at radius 3 is 3.06 bits per heavy atom. The minimum absolute atomic E-state index is 0.0460. The Labute approximate surface area is 108 Å². The Morgan fingerprint density at radius 2 is 2.39 bits per heavy atom. The molecule has 1 aliphatic heterocycles. The van der Waals surface area contributed by atoms with Crippen LogP contribution in [0.25, 0.3) is 0 Å². The first-order chi connectivity index (χ1) is 8.83. The summed E-state index contributed by atoms with van der Waals surface area (Å²) in [4.78, 5) is 4.41. The average molecular weight is 253 g/mol. The van der Waals surface area contributed by atoms with Crippen LogP contribution in [-0.4, -0.2) is 29.8 Å². The summed E-state index contributed by atoms with van der Waals surface area (Å²) in [5.74, 6) is 1.40. The van der Waals surface area contributed by atoms with Gasteiger partial charge in [0.15, 0.2) is 0 Å². The van der Waals surface area contributed by atoms with Crippen LogP contribution in [-0.2, 0) is 11.2 Å². The van der Waals surface area contributed by atoms with Crippen molar-refractivity contribution in [3.05, 3.63) is 11.7 Å². The second-order valence-electron chi connectivity index (χ2n) is 4.86. The molecule has 0 bridgehead atoms. The Bertz CT molecular complexity index is 344.